The van der Waals surface area contributed by atoms with E-state index in [1.165, 1.54) is 0 Å². The van der Waals surface area contributed by atoms with E-state index in [9.17, 15) is 0 Å². The van der Waals surface area contributed by atoms with Gasteiger partial charge in [0.2, 0.25) is 0 Å². The zero-order valence-electron chi connectivity index (χ0n) is 13.2. The molecule has 1 heterocycles. The summed E-state index contributed by atoms with van der Waals surface area (Å²) in [6.07, 6.45) is 3.30. The Hall–Kier alpha value is -1.85. The molecule has 0 aliphatic heterocycles. The highest BCUT2D eigenvalue weighted by Crippen LogP contribution is 2.35. The van der Waals surface area contributed by atoms with Gasteiger partial charge in [0, 0.05) is 35.4 Å². The molecule has 0 spiro atoms. The van der Waals surface area contributed by atoms with Crippen LogP contribution in [0.15, 0.2) is 30.7 Å². The number of benzene rings is 1. The maximum Gasteiger partial charge on any atom is 0.165 e. The number of aromatic nitrogens is 2. The number of nitrogens with zero attached hydrogens (tertiary/aromatic N) is 3. The molecule has 118 valence electrons. The molecule has 2 rings (SSSR count). The Morgan fingerprint density at radius 1 is 1.27 bits per heavy atom. The molecule has 0 aliphatic rings. The minimum Gasteiger partial charge on any atom is -0.493 e. The second-order valence-corrected chi connectivity index (χ2v) is 5.46. The average molecular weight is 322 g/mol. The normalized spacial score (nSPS) is 12.3. The van der Waals surface area contributed by atoms with Gasteiger partial charge in [-0.05, 0) is 26.1 Å². The molecular formula is C16H20ClN3O2. The number of rotatable bonds is 6. The van der Waals surface area contributed by atoms with Gasteiger partial charge in [0.05, 0.1) is 19.9 Å². The van der Waals surface area contributed by atoms with E-state index in [1.54, 1.807) is 32.8 Å². The van der Waals surface area contributed by atoms with Crippen LogP contribution in [0.5, 0.6) is 11.5 Å². The fourth-order valence-electron chi connectivity index (χ4n) is 2.30. The molecule has 0 fully saturated rings. The Balaban J connectivity index is 2.24. The van der Waals surface area contributed by atoms with Crippen LogP contribution in [0, 0.1) is 0 Å². The summed E-state index contributed by atoms with van der Waals surface area (Å²) >= 11 is 6.16. The molecule has 1 aromatic carbocycles. The van der Waals surface area contributed by atoms with Gasteiger partial charge in [-0.3, -0.25) is 4.90 Å². The first-order valence-electron chi connectivity index (χ1n) is 6.93. The summed E-state index contributed by atoms with van der Waals surface area (Å²) in [5.74, 6) is 1.33. The van der Waals surface area contributed by atoms with Crippen LogP contribution in [-0.4, -0.2) is 36.1 Å². The lowest BCUT2D eigenvalue weighted by atomic mass is 10.1. The van der Waals surface area contributed by atoms with Crippen molar-refractivity contribution < 1.29 is 9.47 Å². The van der Waals surface area contributed by atoms with Crippen molar-refractivity contribution in [1.29, 1.82) is 0 Å². The van der Waals surface area contributed by atoms with Crippen LogP contribution < -0.4 is 9.47 Å². The topological polar surface area (TPSA) is 47.5 Å². The van der Waals surface area contributed by atoms with Gasteiger partial charge in [-0.25, -0.2) is 9.97 Å². The number of halogens is 1. The lowest BCUT2D eigenvalue weighted by Crippen LogP contribution is -2.23. The third kappa shape index (κ3) is 3.67. The van der Waals surface area contributed by atoms with E-state index in [-0.39, 0.29) is 6.04 Å². The maximum absolute atomic E-state index is 6.16. The first-order chi connectivity index (χ1) is 10.6. The fourth-order valence-corrected chi connectivity index (χ4v) is 2.53. The van der Waals surface area contributed by atoms with Crippen LogP contribution in [0.1, 0.15) is 24.2 Å². The van der Waals surface area contributed by atoms with Crippen molar-refractivity contribution in [2.45, 2.75) is 19.5 Å². The predicted octanol–water partition coefficient (Wildman–Crippen LogP) is 3.34. The largest absolute Gasteiger partial charge is 0.493 e. The highest BCUT2D eigenvalue weighted by atomic mass is 35.5. The molecule has 0 N–H and O–H groups in total. The van der Waals surface area contributed by atoms with Crippen molar-refractivity contribution in [3.8, 4) is 11.5 Å². The lowest BCUT2D eigenvalue weighted by Gasteiger charge is -2.25. The van der Waals surface area contributed by atoms with Crippen LogP contribution in [-0.2, 0) is 6.54 Å². The van der Waals surface area contributed by atoms with Gasteiger partial charge >= 0.3 is 0 Å². The maximum atomic E-state index is 6.16. The monoisotopic (exact) mass is 321 g/mol. The van der Waals surface area contributed by atoms with E-state index in [2.05, 4.69) is 21.8 Å². The predicted molar refractivity (Wildman–Crippen MR) is 86.5 cm³/mol. The van der Waals surface area contributed by atoms with Gasteiger partial charge in [0.1, 0.15) is 6.33 Å². The summed E-state index contributed by atoms with van der Waals surface area (Å²) in [6, 6.07) is 5.69. The van der Waals surface area contributed by atoms with E-state index in [4.69, 9.17) is 21.1 Å². The lowest BCUT2D eigenvalue weighted by molar-refractivity contribution is 0.243. The Morgan fingerprint density at radius 3 is 2.64 bits per heavy atom. The Bertz CT molecular complexity index is 622. The zero-order chi connectivity index (χ0) is 16.1. The first kappa shape index (κ1) is 16.5. The van der Waals surface area contributed by atoms with E-state index in [0.717, 1.165) is 11.3 Å². The molecule has 2 aromatic rings. The smallest absolute Gasteiger partial charge is 0.165 e. The third-order valence-corrected chi connectivity index (χ3v) is 3.85. The molecule has 0 radical (unpaired) electrons. The second kappa shape index (κ2) is 7.42. The summed E-state index contributed by atoms with van der Waals surface area (Å²) in [7, 11) is 5.26. The van der Waals surface area contributed by atoms with Crippen LogP contribution in [0.25, 0.3) is 0 Å². The molecule has 1 aromatic heterocycles. The van der Waals surface area contributed by atoms with Crippen LogP contribution in [0.4, 0.5) is 0 Å². The minimum atomic E-state index is 0.137. The second-order valence-electron chi connectivity index (χ2n) is 5.03. The van der Waals surface area contributed by atoms with Crippen LogP contribution >= 0.6 is 11.6 Å². The molecule has 1 atom stereocenters. The van der Waals surface area contributed by atoms with Crippen molar-refractivity contribution in [3.05, 3.63) is 47.0 Å². The molecule has 6 heteroatoms. The van der Waals surface area contributed by atoms with Gasteiger partial charge < -0.3 is 9.47 Å². The summed E-state index contributed by atoms with van der Waals surface area (Å²) in [4.78, 5) is 10.4. The van der Waals surface area contributed by atoms with Gasteiger partial charge in [-0.15, -0.1) is 0 Å². The molecule has 0 amide bonds. The van der Waals surface area contributed by atoms with Gasteiger partial charge in [-0.1, -0.05) is 11.6 Å². The van der Waals surface area contributed by atoms with Crippen molar-refractivity contribution in [2.75, 3.05) is 21.3 Å². The van der Waals surface area contributed by atoms with Gasteiger partial charge in [0.25, 0.3) is 0 Å². The van der Waals surface area contributed by atoms with Gasteiger partial charge in [-0.2, -0.15) is 0 Å². The molecule has 5 nitrogen and oxygen atoms in total. The molecule has 0 bridgehead atoms. The van der Waals surface area contributed by atoms with Crippen molar-refractivity contribution in [3.63, 3.8) is 0 Å². The highest BCUT2D eigenvalue weighted by molar-refractivity contribution is 6.30. The van der Waals surface area contributed by atoms with E-state index < -0.39 is 0 Å². The van der Waals surface area contributed by atoms with Crippen molar-refractivity contribution in [1.82, 2.24) is 14.9 Å². The van der Waals surface area contributed by atoms with Gasteiger partial charge in [0.15, 0.2) is 11.5 Å². The van der Waals surface area contributed by atoms with Crippen molar-refractivity contribution in [2.24, 2.45) is 0 Å². The summed E-state index contributed by atoms with van der Waals surface area (Å²) in [6.45, 7) is 2.75. The standard InChI is InChI=1S/C16H20ClN3O2/c1-11(14-5-6-18-10-19-14)20(2)9-12-7-13(17)8-15(21-3)16(12)22-4/h5-8,10-11H,9H2,1-4H3/t11-/m0/s1. The minimum absolute atomic E-state index is 0.137. The number of hydrogen-bond donors (Lipinski definition) is 0. The fraction of sp³-hybridized carbons (Fsp3) is 0.375. The zero-order valence-corrected chi connectivity index (χ0v) is 14.0. The molecule has 22 heavy (non-hydrogen) atoms. The number of methoxy groups -OCH3 is 2. The summed E-state index contributed by atoms with van der Waals surface area (Å²) in [5.41, 5.74) is 1.93. The molecule has 0 saturated carbocycles. The summed E-state index contributed by atoms with van der Waals surface area (Å²) in [5, 5.41) is 0.621. The molecule has 0 saturated heterocycles. The first-order valence-corrected chi connectivity index (χ1v) is 7.31. The number of ether oxygens (including phenoxy) is 2. The Morgan fingerprint density at radius 2 is 2.05 bits per heavy atom. The van der Waals surface area contributed by atoms with E-state index in [0.29, 0.717) is 23.1 Å². The van der Waals surface area contributed by atoms with Crippen LogP contribution in [0.3, 0.4) is 0 Å². The quantitative estimate of drug-likeness (QED) is 0.816. The SMILES string of the molecule is COc1cc(Cl)cc(CN(C)[C@@H](C)c2ccncn2)c1OC. The summed E-state index contributed by atoms with van der Waals surface area (Å²) < 4.78 is 10.8. The van der Waals surface area contributed by atoms with Crippen LogP contribution in [0.2, 0.25) is 5.02 Å². The average Bonchev–Trinajstić information content (AvgIpc) is 2.54. The Kier molecular flexibility index (Phi) is 5.57. The number of hydrogen-bond acceptors (Lipinski definition) is 5. The molecular weight excluding hydrogens is 302 g/mol. The Labute approximate surface area is 135 Å². The third-order valence-electron chi connectivity index (χ3n) is 3.63. The van der Waals surface area contributed by atoms with Crippen molar-refractivity contribution >= 4 is 11.6 Å². The van der Waals surface area contributed by atoms with E-state index >= 15 is 0 Å². The van der Waals surface area contributed by atoms with E-state index in [1.807, 2.05) is 19.2 Å². The molecule has 0 aliphatic carbocycles. The highest BCUT2D eigenvalue weighted by Gasteiger charge is 2.18. The molecule has 0 unspecified atom stereocenters.